The molecule has 1 aliphatic heterocycles. The number of halogens is 1. The molecule has 0 bridgehead atoms. The van der Waals surface area contributed by atoms with Crippen molar-refractivity contribution in [1.82, 2.24) is 9.88 Å². The molecule has 2 aromatic carbocycles. The van der Waals surface area contributed by atoms with Crippen LogP contribution in [0.1, 0.15) is 21.5 Å². The van der Waals surface area contributed by atoms with E-state index in [0.29, 0.717) is 55.5 Å². The summed E-state index contributed by atoms with van der Waals surface area (Å²) in [7, 11) is 0. The van der Waals surface area contributed by atoms with E-state index in [-0.39, 0.29) is 5.91 Å². The Balaban J connectivity index is 1.43. The lowest BCUT2D eigenvalue weighted by Gasteiger charge is -2.35. The first-order chi connectivity index (χ1) is 15.2. The highest BCUT2D eigenvalue weighted by Crippen LogP contribution is 2.24. The van der Waals surface area contributed by atoms with Crippen LogP contribution in [0.15, 0.2) is 71.3 Å². The number of para-hydroxylation sites is 1. The Kier molecular flexibility index (Phi) is 6.48. The van der Waals surface area contributed by atoms with Gasteiger partial charge in [-0.2, -0.15) is 5.26 Å². The summed E-state index contributed by atoms with van der Waals surface area (Å²) < 4.78 is 6.98. The molecule has 156 valence electrons. The molecule has 1 aromatic heterocycles. The molecule has 0 atom stereocenters. The Bertz CT molecular complexity index is 1120. The van der Waals surface area contributed by atoms with Crippen LogP contribution >= 0.6 is 15.9 Å². The monoisotopic (exact) mass is 476 g/mol. The van der Waals surface area contributed by atoms with E-state index >= 15 is 0 Å². The van der Waals surface area contributed by atoms with E-state index in [1.165, 1.54) is 0 Å². The molecule has 6 nitrogen and oxygen atoms in total. The summed E-state index contributed by atoms with van der Waals surface area (Å²) in [5.74, 6) is 1.20. The number of hydrogen-bond donors (Lipinski definition) is 0. The lowest BCUT2D eigenvalue weighted by Crippen LogP contribution is -2.49. The van der Waals surface area contributed by atoms with Crippen LogP contribution in [0.2, 0.25) is 0 Å². The third-order valence-corrected chi connectivity index (χ3v) is 5.67. The quantitative estimate of drug-likeness (QED) is 0.550. The second-order valence-electron chi connectivity index (χ2n) is 7.18. The minimum Gasteiger partial charge on any atom is -0.488 e. The summed E-state index contributed by atoms with van der Waals surface area (Å²) in [6.07, 6.45) is 1.69. The Morgan fingerprint density at radius 2 is 1.87 bits per heavy atom. The van der Waals surface area contributed by atoms with Crippen molar-refractivity contribution in [2.24, 2.45) is 0 Å². The van der Waals surface area contributed by atoms with E-state index in [1.54, 1.807) is 24.4 Å². The molecule has 0 saturated carbocycles. The average molecular weight is 477 g/mol. The summed E-state index contributed by atoms with van der Waals surface area (Å²) in [5.41, 5.74) is 2.13. The average Bonchev–Trinajstić information content (AvgIpc) is 2.82. The van der Waals surface area contributed by atoms with Gasteiger partial charge in [0.25, 0.3) is 5.91 Å². The van der Waals surface area contributed by atoms with E-state index in [9.17, 15) is 10.1 Å². The van der Waals surface area contributed by atoms with Crippen molar-refractivity contribution in [2.45, 2.75) is 6.61 Å². The number of ether oxygens (including phenoxy) is 1. The maximum atomic E-state index is 13.2. The summed E-state index contributed by atoms with van der Waals surface area (Å²) >= 11 is 3.47. The van der Waals surface area contributed by atoms with Gasteiger partial charge in [0.1, 0.15) is 24.2 Å². The Hall–Kier alpha value is -3.37. The molecule has 1 fully saturated rings. The molecular formula is C24H21BrN4O2. The topological polar surface area (TPSA) is 69.5 Å². The molecule has 0 N–H and O–H groups in total. The fraction of sp³-hybridized carbons (Fsp3) is 0.208. The molecular weight excluding hydrogens is 456 g/mol. The van der Waals surface area contributed by atoms with Gasteiger partial charge in [-0.1, -0.05) is 40.2 Å². The molecule has 0 unspecified atom stereocenters. The van der Waals surface area contributed by atoms with Gasteiger partial charge in [-0.3, -0.25) is 4.79 Å². The smallest absolute Gasteiger partial charge is 0.257 e. The Morgan fingerprint density at radius 1 is 1.06 bits per heavy atom. The number of nitrogens with zero attached hydrogens (tertiary/aromatic N) is 4. The zero-order valence-corrected chi connectivity index (χ0v) is 18.5. The van der Waals surface area contributed by atoms with Crippen LogP contribution in [-0.2, 0) is 6.61 Å². The van der Waals surface area contributed by atoms with Gasteiger partial charge in [-0.05, 0) is 42.0 Å². The van der Waals surface area contributed by atoms with Crippen LogP contribution < -0.4 is 9.64 Å². The van der Waals surface area contributed by atoms with E-state index in [0.717, 1.165) is 10.0 Å². The lowest BCUT2D eigenvalue weighted by molar-refractivity contribution is 0.0741. The molecule has 4 rings (SSSR count). The van der Waals surface area contributed by atoms with Crippen molar-refractivity contribution in [2.75, 3.05) is 31.1 Å². The largest absolute Gasteiger partial charge is 0.488 e. The molecule has 1 amide bonds. The van der Waals surface area contributed by atoms with Gasteiger partial charge in [0.05, 0.1) is 11.1 Å². The zero-order valence-electron chi connectivity index (χ0n) is 16.9. The Labute approximate surface area is 189 Å². The van der Waals surface area contributed by atoms with Crippen LogP contribution in [0.4, 0.5) is 5.82 Å². The maximum absolute atomic E-state index is 13.2. The van der Waals surface area contributed by atoms with Crippen molar-refractivity contribution >= 4 is 27.7 Å². The van der Waals surface area contributed by atoms with E-state index in [2.05, 4.69) is 31.9 Å². The predicted molar refractivity (Wildman–Crippen MR) is 122 cm³/mol. The fourth-order valence-corrected chi connectivity index (χ4v) is 4.03. The lowest BCUT2D eigenvalue weighted by atomic mass is 10.1. The summed E-state index contributed by atoms with van der Waals surface area (Å²) in [6.45, 7) is 2.74. The standard InChI is InChI=1S/C24H21BrN4O2/c25-20-7-3-5-18(15-20)17-31-22-9-2-1-8-21(22)24(30)29-13-11-28(12-14-29)23-19(16-26)6-4-10-27-23/h1-10,15H,11-14,17H2. The fourth-order valence-electron chi connectivity index (χ4n) is 3.58. The number of anilines is 1. The number of pyridine rings is 1. The Morgan fingerprint density at radius 3 is 2.65 bits per heavy atom. The van der Waals surface area contributed by atoms with Gasteiger partial charge in [0, 0.05) is 36.8 Å². The minimum atomic E-state index is -0.0500. The van der Waals surface area contributed by atoms with E-state index in [4.69, 9.17) is 4.74 Å². The zero-order chi connectivity index (χ0) is 21.6. The number of rotatable bonds is 5. The third-order valence-electron chi connectivity index (χ3n) is 5.17. The van der Waals surface area contributed by atoms with Crippen LogP contribution in [0.5, 0.6) is 5.75 Å². The SMILES string of the molecule is N#Cc1cccnc1N1CCN(C(=O)c2ccccc2OCc2cccc(Br)c2)CC1. The molecule has 0 radical (unpaired) electrons. The molecule has 1 aliphatic rings. The molecule has 1 saturated heterocycles. The van der Waals surface area contributed by atoms with Gasteiger partial charge in [0.15, 0.2) is 0 Å². The maximum Gasteiger partial charge on any atom is 0.257 e. The van der Waals surface area contributed by atoms with Crippen molar-refractivity contribution in [3.05, 3.63) is 88.0 Å². The van der Waals surface area contributed by atoms with Crippen molar-refractivity contribution in [3.8, 4) is 11.8 Å². The van der Waals surface area contributed by atoms with Crippen LogP contribution in [-0.4, -0.2) is 42.0 Å². The second-order valence-corrected chi connectivity index (χ2v) is 8.10. The van der Waals surface area contributed by atoms with Crippen LogP contribution in [0, 0.1) is 11.3 Å². The number of amides is 1. The number of piperazine rings is 1. The summed E-state index contributed by atoms with van der Waals surface area (Å²) in [6, 6.07) is 21.0. The number of benzene rings is 2. The van der Waals surface area contributed by atoms with Gasteiger partial charge in [0.2, 0.25) is 0 Å². The first kappa shape index (κ1) is 20.9. The third kappa shape index (κ3) is 4.86. The first-order valence-corrected chi connectivity index (χ1v) is 10.8. The van der Waals surface area contributed by atoms with E-state index in [1.807, 2.05) is 47.4 Å². The van der Waals surface area contributed by atoms with Gasteiger partial charge >= 0.3 is 0 Å². The van der Waals surface area contributed by atoms with Gasteiger partial charge in [-0.15, -0.1) is 0 Å². The number of aromatic nitrogens is 1. The number of nitriles is 1. The van der Waals surface area contributed by atoms with E-state index < -0.39 is 0 Å². The molecule has 31 heavy (non-hydrogen) atoms. The highest BCUT2D eigenvalue weighted by molar-refractivity contribution is 9.10. The predicted octanol–water partition coefficient (Wildman–Crippen LogP) is 4.26. The first-order valence-electron chi connectivity index (χ1n) is 10.0. The number of hydrogen-bond acceptors (Lipinski definition) is 5. The summed E-state index contributed by atoms with van der Waals surface area (Å²) in [5, 5.41) is 9.32. The second kappa shape index (κ2) is 9.63. The highest BCUT2D eigenvalue weighted by Gasteiger charge is 2.25. The highest BCUT2D eigenvalue weighted by atomic mass is 79.9. The van der Waals surface area contributed by atoms with Crippen LogP contribution in [0.25, 0.3) is 0 Å². The molecule has 3 aromatic rings. The molecule has 0 spiro atoms. The van der Waals surface area contributed by atoms with Gasteiger partial charge in [-0.25, -0.2) is 4.98 Å². The number of carbonyl (C=O) groups excluding carboxylic acids is 1. The molecule has 7 heteroatoms. The van der Waals surface area contributed by atoms with Gasteiger partial charge < -0.3 is 14.5 Å². The van der Waals surface area contributed by atoms with Crippen molar-refractivity contribution in [3.63, 3.8) is 0 Å². The number of carbonyl (C=O) groups is 1. The molecule has 0 aliphatic carbocycles. The summed E-state index contributed by atoms with van der Waals surface area (Å²) in [4.78, 5) is 21.4. The van der Waals surface area contributed by atoms with Crippen LogP contribution in [0.3, 0.4) is 0 Å². The normalized spacial score (nSPS) is 13.5. The van der Waals surface area contributed by atoms with Crippen molar-refractivity contribution < 1.29 is 9.53 Å². The molecule has 2 heterocycles. The minimum absolute atomic E-state index is 0.0500. The van der Waals surface area contributed by atoms with Crippen molar-refractivity contribution in [1.29, 1.82) is 5.26 Å².